The molecule has 0 spiro atoms. The molecule has 1 heterocycles. The van der Waals surface area contributed by atoms with Crippen molar-refractivity contribution in [2.24, 2.45) is 0 Å². The molecular formula is C7H7N3OS. The van der Waals surface area contributed by atoms with Crippen LogP contribution < -0.4 is 4.74 Å². The molecule has 1 rings (SSSR count). The highest BCUT2D eigenvalue weighted by Crippen LogP contribution is 2.24. The topological polar surface area (TPSA) is 58.8 Å². The van der Waals surface area contributed by atoms with Gasteiger partial charge in [0.1, 0.15) is 6.33 Å². The van der Waals surface area contributed by atoms with E-state index in [0.717, 1.165) is 4.90 Å². The zero-order valence-corrected chi connectivity index (χ0v) is 7.34. The summed E-state index contributed by atoms with van der Waals surface area (Å²) in [6.45, 7) is 0. The molecule has 0 aliphatic rings. The van der Waals surface area contributed by atoms with Gasteiger partial charge in [-0.3, -0.25) is 0 Å². The van der Waals surface area contributed by atoms with Crippen molar-refractivity contribution < 1.29 is 4.74 Å². The van der Waals surface area contributed by atoms with E-state index in [0.29, 0.717) is 11.6 Å². The van der Waals surface area contributed by atoms with Gasteiger partial charge in [-0.1, -0.05) is 0 Å². The van der Waals surface area contributed by atoms with Crippen molar-refractivity contribution in [2.75, 3.05) is 12.9 Å². The largest absolute Gasteiger partial charge is 0.480 e. The summed E-state index contributed by atoms with van der Waals surface area (Å²) in [6.07, 6.45) is 3.04. The molecule has 0 aliphatic carbocycles. The Bertz CT molecular complexity index is 297. The van der Waals surface area contributed by atoms with Crippen LogP contribution in [0.2, 0.25) is 0 Å². The van der Waals surface area contributed by atoms with Gasteiger partial charge in [-0.05, 0) is 0 Å². The molecule has 0 aromatic carbocycles. The van der Waals surface area contributed by atoms with Crippen LogP contribution in [0.4, 0.5) is 0 Å². The average Bonchev–Trinajstić information content (AvgIpc) is 2.15. The highest BCUT2D eigenvalue weighted by atomic mass is 32.2. The van der Waals surface area contributed by atoms with Crippen molar-refractivity contribution >= 4 is 11.8 Å². The van der Waals surface area contributed by atoms with E-state index in [9.17, 15) is 0 Å². The third kappa shape index (κ3) is 2.10. The average molecular weight is 181 g/mol. The van der Waals surface area contributed by atoms with Gasteiger partial charge in [0.15, 0.2) is 0 Å². The van der Waals surface area contributed by atoms with Crippen molar-refractivity contribution in [3.05, 3.63) is 12.5 Å². The van der Waals surface area contributed by atoms with Crippen molar-refractivity contribution in [3.8, 4) is 11.9 Å². The zero-order chi connectivity index (χ0) is 8.81. The van der Waals surface area contributed by atoms with Gasteiger partial charge in [-0.25, -0.2) is 9.97 Å². The van der Waals surface area contributed by atoms with Gasteiger partial charge in [-0.15, -0.1) is 11.8 Å². The van der Waals surface area contributed by atoms with Gasteiger partial charge in [0.05, 0.1) is 23.8 Å². The Balaban J connectivity index is 2.76. The maximum Gasteiger partial charge on any atom is 0.230 e. The molecule has 1 aromatic heterocycles. The summed E-state index contributed by atoms with van der Waals surface area (Å²) in [5.41, 5.74) is 0. The van der Waals surface area contributed by atoms with Crippen LogP contribution in [0.3, 0.4) is 0 Å². The van der Waals surface area contributed by atoms with Crippen molar-refractivity contribution in [1.82, 2.24) is 9.97 Å². The van der Waals surface area contributed by atoms with Crippen molar-refractivity contribution in [3.63, 3.8) is 0 Å². The molecular weight excluding hydrogens is 174 g/mol. The Hall–Kier alpha value is -1.28. The zero-order valence-electron chi connectivity index (χ0n) is 6.52. The molecule has 12 heavy (non-hydrogen) atoms. The van der Waals surface area contributed by atoms with E-state index in [1.165, 1.54) is 18.1 Å². The molecule has 1 aromatic rings. The van der Waals surface area contributed by atoms with Gasteiger partial charge in [0.2, 0.25) is 5.88 Å². The number of methoxy groups -OCH3 is 1. The molecule has 0 atom stereocenters. The highest BCUT2D eigenvalue weighted by Gasteiger charge is 2.02. The number of ether oxygens (including phenoxy) is 1. The Kier molecular flexibility index (Phi) is 3.35. The lowest BCUT2D eigenvalue weighted by molar-refractivity contribution is 0.385. The third-order valence-electron chi connectivity index (χ3n) is 1.13. The minimum Gasteiger partial charge on any atom is -0.480 e. The van der Waals surface area contributed by atoms with Crippen LogP contribution in [-0.2, 0) is 0 Å². The molecule has 4 nitrogen and oxygen atoms in total. The fourth-order valence-corrected chi connectivity index (χ4v) is 1.28. The Morgan fingerprint density at radius 1 is 1.75 bits per heavy atom. The van der Waals surface area contributed by atoms with Crippen LogP contribution in [0.5, 0.6) is 5.88 Å². The van der Waals surface area contributed by atoms with Crippen LogP contribution in [0, 0.1) is 11.3 Å². The molecule has 0 radical (unpaired) electrons. The van der Waals surface area contributed by atoms with Crippen LogP contribution in [-0.4, -0.2) is 22.8 Å². The Labute approximate surface area is 74.6 Å². The van der Waals surface area contributed by atoms with Crippen molar-refractivity contribution in [1.29, 1.82) is 5.26 Å². The fraction of sp³-hybridized carbons (Fsp3) is 0.286. The lowest BCUT2D eigenvalue weighted by Crippen LogP contribution is -1.91. The number of nitriles is 1. The molecule has 0 amide bonds. The summed E-state index contributed by atoms with van der Waals surface area (Å²) in [7, 11) is 1.54. The smallest absolute Gasteiger partial charge is 0.230 e. The van der Waals surface area contributed by atoms with E-state index >= 15 is 0 Å². The summed E-state index contributed by atoms with van der Waals surface area (Å²) in [4.78, 5) is 8.50. The second-order valence-electron chi connectivity index (χ2n) is 1.84. The first-order valence-corrected chi connectivity index (χ1v) is 4.20. The summed E-state index contributed by atoms with van der Waals surface area (Å²) >= 11 is 1.36. The molecule has 0 unspecified atom stereocenters. The van der Waals surface area contributed by atoms with E-state index in [-0.39, 0.29) is 0 Å². The van der Waals surface area contributed by atoms with E-state index in [1.807, 2.05) is 6.07 Å². The highest BCUT2D eigenvalue weighted by molar-refractivity contribution is 7.99. The lowest BCUT2D eigenvalue weighted by atomic mass is 10.6. The molecule has 0 saturated carbocycles. The third-order valence-corrected chi connectivity index (χ3v) is 1.99. The second-order valence-corrected chi connectivity index (χ2v) is 2.86. The summed E-state index contributed by atoms with van der Waals surface area (Å²) < 4.78 is 4.96. The molecule has 0 N–H and O–H groups in total. The Morgan fingerprint density at radius 3 is 3.25 bits per heavy atom. The van der Waals surface area contributed by atoms with E-state index < -0.39 is 0 Å². The predicted octanol–water partition coefficient (Wildman–Crippen LogP) is 1.10. The molecule has 0 aliphatic heterocycles. The van der Waals surface area contributed by atoms with E-state index in [2.05, 4.69) is 9.97 Å². The molecule has 62 valence electrons. The number of rotatable bonds is 3. The SMILES string of the molecule is COc1ncncc1SCC#N. The first kappa shape index (κ1) is 8.81. The van der Waals surface area contributed by atoms with Crippen LogP contribution in [0.15, 0.2) is 17.4 Å². The minimum absolute atomic E-state index is 0.379. The Morgan fingerprint density at radius 2 is 2.58 bits per heavy atom. The van der Waals surface area contributed by atoms with Gasteiger partial charge >= 0.3 is 0 Å². The van der Waals surface area contributed by atoms with Crippen molar-refractivity contribution in [2.45, 2.75) is 4.90 Å². The molecule has 0 saturated heterocycles. The summed E-state index contributed by atoms with van der Waals surface area (Å²) in [5, 5.41) is 8.34. The minimum atomic E-state index is 0.379. The van der Waals surface area contributed by atoms with Crippen LogP contribution >= 0.6 is 11.8 Å². The molecule has 0 bridgehead atoms. The van der Waals surface area contributed by atoms with Crippen LogP contribution in [0.1, 0.15) is 0 Å². The first-order chi connectivity index (χ1) is 5.88. The number of hydrogen-bond acceptors (Lipinski definition) is 5. The maximum absolute atomic E-state index is 8.34. The second kappa shape index (κ2) is 4.57. The van der Waals surface area contributed by atoms with E-state index in [1.54, 1.807) is 13.3 Å². The molecule has 5 heteroatoms. The normalized spacial score (nSPS) is 9.00. The number of aromatic nitrogens is 2. The monoisotopic (exact) mass is 181 g/mol. The molecule has 0 fully saturated rings. The summed E-state index contributed by atoms with van der Waals surface area (Å²) in [6, 6.07) is 2.02. The van der Waals surface area contributed by atoms with Crippen LogP contribution in [0.25, 0.3) is 0 Å². The quantitative estimate of drug-likeness (QED) is 0.653. The summed E-state index contributed by atoms with van der Waals surface area (Å²) in [5.74, 6) is 0.897. The van der Waals surface area contributed by atoms with Gasteiger partial charge < -0.3 is 4.74 Å². The maximum atomic E-state index is 8.34. The fourth-order valence-electron chi connectivity index (χ4n) is 0.668. The lowest BCUT2D eigenvalue weighted by Gasteiger charge is -2.02. The van der Waals surface area contributed by atoms with Gasteiger partial charge in [-0.2, -0.15) is 5.26 Å². The van der Waals surface area contributed by atoms with Gasteiger partial charge in [0.25, 0.3) is 0 Å². The van der Waals surface area contributed by atoms with E-state index in [4.69, 9.17) is 10.00 Å². The predicted molar refractivity (Wildman–Crippen MR) is 44.9 cm³/mol. The van der Waals surface area contributed by atoms with Gasteiger partial charge in [0, 0.05) is 6.20 Å². The number of hydrogen-bond donors (Lipinski definition) is 0. The number of nitrogens with zero attached hydrogens (tertiary/aromatic N) is 3. The number of thioether (sulfide) groups is 1. The first-order valence-electron chi connectivity index (χ1n) is 3.22. The standard InChI is InChI=1S/C7H7N3OS/c1-11-7-6(12-3-2-8)4-9-5-10-7/h4-5H,3H2,1H3.